The van der Waals surface area contributed by atoms with E-state index in [1.165, 1.54) is 12.1 Å². The van der Waals surface area contributed by atoms with Crippen molar-refractivity contribution < 1.29 is 22.7 Å². The number of hydrogen-bond acceptors (Lipinski definition) is 6. The van der Waals surface area contributed by atoms with Crippen LogP contribution in [0.2, 0.25) is 0 Å². The smallest absolute Gasteiger partial charge is 0.238 e. The molecule has 0 aliphatic carbocycles. The Labute approximate surface area is 183 Å². The van der Waals surface area contributed by atoms with Crippen LogP contribution in [0.25, 0.3) is 5.69 Å². The van der Waals surface area contributed by atoms with Gasteiger partial charge in [0.2, 0.25) is 10.0 Å². The molecule has 31 heavy (non-hydrogen) atoms. The van der Waals surface area contributed by atoms with Gasteiger partial charge in [-0.3, -0.25) is 9.69 Å². The third-order valence-corrected chi connectivity index (χ3v) is 7.12. The summed E-state index contributed by atoms with van der Waals surface area (Å²) in [6.07, 6.45) is 1.85. The first kappa shape index (κ1) is 22.2. The number of carbonyl (C=O) groups is 1. The maximum absolute atomic E-state index is 13.1. The first-order valence-electron chi connectivity index (χ1n) is 10.5. The number of sulfonamides is 1. The van der Waals surface area contributed by atoms with Gasteiger partial charge < -0.3 is 14.0 Å². The molecular formula is C22H29N3O5S. The van der Waals surface area contributed by atoms with E-state index in [4.69, 9.17) is 14.6 Å². The molecule has 2 aromatic rings. The van der Waals surface area contributed by atoms with Crippen molar-refractivity contribution in [2.45, 2.75) is 37.9 Å². The van der Waals surface area contributed by atoms with Gasteiger partial charge in [-0.15, -0.1) is 0 Å². The van der Waals surface area contributed by atoms with E-state index in [-0.39, 0.29) is 17.0 Å². The van der Waals surface area contributed by atoms with E-state index >= 15 is 0 Å². The molecule has 2 aliphatic rings. The highest BCUT2D eigenvalue weighted by Gasteiger charge is 2.31. The molecule has 0 bridgehead atoms. The molecule has 9 heteroatoms. The van der Waals surface area contributed by atoms with Crippen molar-refractivity contribution >= 4 is 15.8 Å². The lowest BCUT2D eigenvalue weighted by Gasteiger charge is -2.33. The van der Waals surface area contributed by atoms with Gasteiger partial charge in [0.1, 0.15) is 0 Å². The van der Waals surface area contributed by atoms with Gasteiger partial charge in [-0.2, -0.15) is 0 Å². The monoisotopic (exact) mass is 447 g/mol. The van der Waals surface area contributed by atoms with Gasteiger partial charge in [-0.25, -0.2) is 13.6 Å². The highest BCUT2D eigenvalue weighted by Crippen LogP contribution is 2.27. The van der Waals surface area contributed by atoms with Crippen LogP contribution in [0.5, 0.6) is 0 Å². The number of primary sulfonamides is 1. The van der Waals surface area contributed by atoms with Crippen LogP contribution in [-0.4, -0.2) is 62.8 Å². The summed E-state index contributed by atoms with van der Waals surface area (Å²) in [5.41, 5.74) is 3.24. The van der Waals surface area contributed by atoms with Crippen LogP contribution in [0.4, 0.5) is 0 Å². The molecule has 4 rings (SSSR count). The molecule has 0 amide bonds. The third kappa shape index (κ3) is 4.75. The second-order valence-corrected chi connectivity index (χ2v) is 9.87. The Hall–Kier alpha value is -2.04. The van der Waals surface area contributed by atoms with Gasteiger partial charge >= 0.3 is 0 Å². The Morgan fingerprint density at radius 1 is 1.10 bits per heavy atom. The number of aryl methyl sites for hydroxylation is 1. The van der Waals surface area contributed by atoms with E-state index in [2.05, 4.69) is 4.90 Å². The van der Waals surface area contributed by atoms with E-state index in [0.717, 1.165) is 43.0 Å². The van der Waals surface area contributed by atoms with Gasteiger partial charge in [0.05, 0.1) is 24.7 Å². The van der Waals surface area contributed by atoms with Crippen molar-refractivity contribution in [1.82, 2.24) is 9.47 Å². The Balaban J connectivity index is 1.44. The third-order valence-electron chi connectivity index (χ3n) is 6.19. The number of ether oxygens (including phenoxy) is 2. The van der Waals surface area contributed by atoms with E-state index in [1.807, 2.05) is 24.5 Å². The van der Waals surface area contributed by atoms with E-state index in [0.29, 0.717) is 31.2 Å². The van der Waals surface area contributed by atoms with E-state index in [9.17, 15) is 13.2 Å². The molecule has 2 aliphatic heterocycles. The maximum atomic E-state index is 13.1. The Kier molecular flexibility index (Phi) is 6.32. The van der Waals surface area contributed by atoms with Gasteiger partial charge in [-0.05, 0) is 70.1 Å². The van der Waals surface area contributed by atoms with Gasteiger partial charge in [0, 0.05) is 28.6 Å². The molecule has 8 nitrogen and oxygen atoms in total. The molecule has 0 radical (unpaired) electrons. The lowest BCUT2D eigenvalue weighted by Crippen LogP contribution is -2.40. The van der Waals surface area contributed by atoms with Crippen molar-refractivity contribution in [2.75, 3.05) is 32.8 Å². The summed E-state index contributed by atoms with van der Waals surface area (Å²) in [5, 5.41) is 5.18. The van der Waals surface area contributed by atoms with Crippen molar-refractivity contribution in [3.63, 3.8) is 0 Å². The summed E-state index contributed by atoms with van der Waals surface area (Å²) in [6.45, 7) is 7.28. The molecule has 0 unspecified atom stereocenters. The minimum Gasteiger partial charge on any atom is -0.350 e. The van der Waals surface area contributed by atoms with Crippen LogP contribution in [0.1, 0.15) is 34.6 Å². The predicted octanol–water partition coefficient (Wildman–Crippen LogP) is 2.01. The molecule has 0 saturated carbocycles. The number of piperidine rings is 1. The number of likely N-dealkylation sites (tertiary alicyclic amines) is 1. The highest BCUT2D eigenvalue weighted by molar-refractivity contribution is 7.89. The highest BCUT2D eigenvalue weighted by atomic mass is 32.2. The molecule has 1 aromatic carbocycles. The number of nitrogens with two attached hydrogens (primary N) is 1. The second-order valence-electron chi connectivity index (χ2n) is 8.31. The van der Waals surface area contributed by atoms with Crippen molar-refractivity contribution in [3.05, 3.63) is 47.3 Å². The number of rotatable bonds is 6. The summed E-state index contributed by atoms with van der Waals surface area (Å²) in [6, 6.07) is 8.26. The van der Waals surface area contributed by atoms with E-state index < -0.39 is 10.0 Å². The number of benzene rings is 1. The Morgan fingerprint density at radius 2 is 1.71 bits per heavy atom. The number of ketones is 1. The lowest BCUT2D eigenvalue weighted by atomic mass is 9.96. The van der Waals surface area contributed by atoms with Crippen LogP contribution < -0.4 is 5.14 Å². The Bertz CT molecular complexity index is 1050. The zero-order valence-electron chi connectivity index (χ0n) is 17.9. The van der Waals surface area contributed by atoms with Crippen LogP contribution in [-0.2, 0) is 19.5 Å². The number of aromatic nitrogens is 1. The summed E-state index contributed by atoms with van der Waals surface area (Å²) < 4.78 is 36.2. The molecule has 168 valence electrons. The van der Waals surface area contributed by atoms with Crippen molar-refractivity contribution in [3.8, 4) is 5.69 Å². The lowest BCUT2D eigenvalue weighted by molar-refractivity contribution is -0.0968. The van der Waals surface area contributed by atoms with Crippen molar-refractivity contribution in [1.29, 1.82) is 0 Å². The van der Waals surface area contributed by atoms with Crippen LogP contribution in [0.15, 0.2) is 35.2 Å². The zero-order valence-corrected chi connectivity index (χ0v) is 18.7. The Morgan fingerprint density at radius 3 is 2.29 bits per heavy atom. The number of carbonyl (C=O) groups excluding carboxylic acids is 1. The largest absolute Gasteiger partial charge is 0.350 e. The standard InChI is InChI=1S/C22H29N3O5S/c1-15-13-20(16(2)25(15)18-3-5-19(6-4-18)31(23,27)28)21(26)14-24-9-7-17(8-10-24)22-29-11-12-30-22/h3-6,13,17,22H,7-12,14H2,1-2H3,(H2,23,27,28). The predicted molar refractivity (Wildman–Crippen MR) is 116 cm³/mol. The fraction of sp³-hybridized carbons (Fsp3) is 0.500. The maximum Gasteiger partial charge on any atom is 0.238 e. The molecule has 3 heterocycles. The first-order valence-corrected chi connectivity index (χ1v) is 12.1. The molecule has 2 fully saturated rings. The zero-order chi connectivity index (χ0) is 22.2. The minimum absolute atomic E-state index is 0.0619. The number of hydrogen-bond donors (Lipinski definition) is 1. The molecular weight excluding hydrogens is 418 g/mol. The molecule has 1 aromatic heterocycles. The molecule has 0 atom stereocenters. The summed E-state index contributed by atoms with van der Waals surface area (Å²) >= 11 is 0. The first-order chi connectivity index (χ1) is 14.7. The van der Waals surface area contributed by atoms with Gasteiger partial charge in [0.25, 0.3) is 0 Å². The van der Waals surface area contributed by atoms with Crippen molar-refractivity contribution in [2.24, 2.45) is 11.1 Å². The normalized spacial score (nSPS) is 19.2. The molecule has 2 N–H and O–H groups in total. The fourth-order valence-corrected chi connectivity index (χ4v) is 5.06. The van der Waals surface area contributed by atoms with Crippen LogP contribution in [0.3, 0.4) is 0 Å². The quantitative estimate of drug-likeness (QED) is 0.680. The van der Waals surface area contributed by atoms with Gasteiger partial charge in [0.15, 0.2) is 12.1 Å². The number of Topliss-reactive ketones (excluding diaryl/α,β-unsaturated/α-hetero) is 1. The summed E-state index contributed by atoms with van der Waals surface area (Å²) in [5.74, 6) is 0.492. The summed E-state index contributed by atoms with van der Waals surface area (Å²) in [4.78, 5) is 15.3. The second kappa shape index (κ2) is 8.84. The van der Waals surface area contributed by atoms with E-state index in [1.54, 1.807) is 12.1 Å². The minimum atomic E-state index is -3.74. The van der Waals surface area contributed by atoms with Gasteiger partial charge in [-0.1, -0.05) is 0 Å². The number of nitrogens with zero attached hydrogens (tertiary/aromatic N) is 2. The molecule has 0 spiro atoms. The SMILES string of the molecule is Cc1cc(C(=O)CN2CCC(C3OCCO3)CC2)c(C)n1-c1ccc(S(N)(=O)=O)cc1. The average molecular weight is 448 g/mol. The molecule has 2 saturated heterocycles. The summed E-state index contributed by atoms with van der Waals surface area (Å²) in [7, 11) is -3.74. The van der Waals surface area contributed by atoms with Crippen LogP contribution >= 0.6 is 0 Å². The average Bonchev–Trinajstić information content (AvgIpc) is 3.36. The fourth-order valence-electron chi connectivity index (χ4n) is 4.55. The topological polar surface area (TPSA) is 104 Å². The van der Waals surface area contributed by atoms with Crippen LogP contribution in [0, 0.1) is 19.8 Å².